The average Bonchev–Trinajstić information content (AvgIpc) is 2.43. The summed E-state index contributed by atoms with van der Waals surface area (Å²) in [4.78, 5) is 11.4. The Morgan fingerprint density at radius 2 is 2.00 bits per heavy atom. The molecule has 0 amide bonds. The molecule has 1 aromatic rings. The first kappa shape index (κ1) is 14.3. The number of carbonyl (C=O) groups excluding carboxylic acids is 1. The van der Waals surface area contributed by atoms with E-state index in [2.05, 4.69) is 5.10 Å². The number of halogens is 3. The highest BCUT2D eigenvalue weighted by Crippen LogP contribution is 2.29. The molecule has 18 heavy (non-hydrogen) atoms. The number of nitrogen functional groups attached to an aromatic ring is 1. The first-order valence-corrected chi connectivity index (χ1v) is 5.11. The van der Waals surface area contributed by atoms with Crippen LogP contribution in [0.4, 0.5) is 19.0 Å². The number of aromatic nitrogens is 2. The number of carbonyl (C=O) groups is 1. The summed E-state index contributed by atoms with van der Waals surface area (Å²) in [5.41, 5.74) is 3.49. The van der Waals surface area contributed by atoms with Crippen LogP contribution in [-0.2, 0) is 22.3 Å². The molecule has 0 fully saturated rings. The van der Waals surface area contributed by atoms with Gasteiger partial charge in [-0.25, -0.2) is 4.68 Å². The summed E-state index contributed by atoms with van der Waals surface area (Å²) in [6.07, 6.45) is -4.59. The predicted octanol–water partition coefficient (Wildman–Crippen LogP) is 1.83. The minimum absolute atomic E-state index is 0.242. The number of nitrogens with zero attached hydrogens (tertiary/aromatic N) is 2. The summed E-state index contributed by atoms with van der Waals surface area (Å²) >= 11 is 0. The van der Waals surface area contributed by atoms with E-state index in [-0.39, 0.29) is 5.82 Å². The zero-order valence-electron chi connectivity index (χ0n) is 10.2. The summed E-state index contributed by atoms with van der Waals surface area (Å²) < 4.78 is 42.7. The lowest BCUT2D eigenvalue weighted by molar-refractivity contribution is -0.156. The van der Waals surface area contributed by atoms with Crippen molar-refractivity contribution in [2.24, 2.45) is 0 Å². The van der Waals surface area contributed by atoms with Crippen molar-refractivity contribution >= 4 is 11.8 Å². The van der Waals surface area contributed by atoms with Gasteiger partial charge in [-0.15, -0.1) is 0 Å². The molecule has 0 atom stereocenters. The van der Waals surface area contributed by atoms with Gasteiger partial charge in [-0.1, -0.05) is 0 Å². The Labute approximate surface area is 102 Å². The monoisotopic (exact) mass is 265 g/mol. The van der Waals surface area contributed by atoms with Crippen LogP contribution in [0.1, 0.15) is 26.5 Å². The minimum Gasteiger partial charge on any atom is -0.459 e. The molecule has 1 rings (SSSR count). The van der Waals surface area contributed by atoms with E-state index in [4.69, 9.17) is 10.5 Å². The largest absolute Gasteiger partial charge is 0.459 e. The molecule has 8 heteroatoms. The SMILES string of the molecule is CC(C)(C)OC(=O)Cn1nc(C(F)(F)F)cc1N. The fraction of sp³-hybridized carbons (Fsp3) is 0.600. The molecule has 102 valence electrons. The first-order chi connectivity index (χ1) is 7.99. The van der Waals surface area contributed by atoms with Gasteiger partial charge in [0.15, 0.2) is 5.69 Å². The molecule has 0 unspecified atom stereocenters. The third-order valence-electron chi connectivity index (χ3n) is 1.80. The second-order valence-electron chi connectivity index (χ2n) is 4.70. The van der Waals surface area contributed by atoms with Crippen LogP contribution in [0.25, 0.3) is 0 Å². The van der Waals surface area contributed by atoms with Gasteiger partial charge in [0, 0.05) is 6.07 Å². The fourth-order valence-electron chi connectivity index (χ4n) is 1.19. The van der Waals surface area contributed by atoms with E-state index in [1.54, 1.807) is 20.8 Å². The van der Waals surface area contributed by atoms with E-state index in [1.165, 1.54) is 0 Å². The average molecular weight is 265 g/mol. The first-order valence-electron chi connectivity index (χ1n) is 5.11. The molecule has 0 saturated heterocycles. The highest BCUT2D eigenvalue weighted by atomic mass is 19.4. The van der Waals surface area contributed by atoms with E-state index in [9.17, 15) is 18.0 Å². The predicted molar refractivity (Wildman–Crippen MR) is 57.5 cm³/mol. The maximum atomic E-state index is 12.3. The molecule has 0 radical (unpaired) electrons. The van der Waals surface area contributed by atoms with Crippen LogP contribution in [0.2, 0.25) is 0 Å². The molecule has 1 heterocycles. The normalized spacial score (nSPS) is 12.6. The third kappa shape index (κ3) is 3.94. The number of alkyl halides is 3. The van der Waals surface area contributed by atoms with Crippen molar-refractivity contribution in [3.8, 4) is 0 Å². The van der Waals surface area contributed by atoms with Gasteiger partial charge >= 0.3 is 12.1 Å². The van der Waals surface area contributed by atoms with Crippen LogP contribution in [0.3, 0.4) is 0 Å². The standard InChI is InChI=1S/C10H14F3N3O2/c1-9(2,3)18-8(17)5-16-7(14)4-6(15-16)10(11,12)13/h4H,5,14H2,1-3H3. The van der Waals surface area contributed by atoms with Gasteiger partial charge in [0.05, 0.1) is 0 Å². The Bertz CT molecular complexity index is 446. The summed E-state index contributed by atoms with van der Waals surface area (Å²) in [6.45, 7) is 4.49. The second-order valence-corrected chi connectivity index (χ2v) is 4.70. The highest BCUT2D eigenvalue weighted by Gasteiger charge is 2.35. The molecule has 0 aliphatic rings. The third-order valence-corrected chi connectivity index (χ3v) is 1.80. The zero-order valence-corrected chi connectivity index (χ0v) is 10.2. The number of anilines is 1. The molecule has 5 nitrogen and oxygen atoms in total. The summed E-state index contributed by atoms with van der Waals surface area (Å²) in [6, 6.07) is 0.671. The molecule has 0 saturated carbocycles. The fourth-order valence-corrected chi connectivity index (χ4v) is 1.19. The van der Waals surface area contributed by atoms with Gasteiger partial charge in [0.1, 0.15) is 18.0 Å². The molecular weight excluding hydrogens is 251 g/mol. The van der Waals surface area contributed by atoms with E-state index in [1.807, 2.05) is 0 Å². The van der Waals surface area contributed by atoms with Gasteiger partial charge in [0.2, 0.25) is 0 Å². The molecule has 0 bridgehead atoms. The smallest absolute Gasteiger partial charge is 0.435 e. The van der Waals surface area contributed by atoms with Crippen molar-refractivity contribution in [3.05, 3.63) is 11.8 Å². The quantitative estimate of drug-likeness (QED) is 0.828. The molecule has 0 spiro atoms. The Morgan fingerprint density at radius 3 is 2.39 bits per heavy atom. The number of hydrogen-bond acceptors (Lipinski definition) is 4. The van der Waals surface area contributed by atoms with E-state index >= 15 is 0 Å². The molecule has 0 aliphatic carbocycles. The van der Waals surface area contributed by atoms with Crippen molar-refractivity contribution in [1.82, 2.24) is 9.78 Å². The lowest BCUT2D eigenvalue weighted by Gasteiger charge is -2.19. The molecule has 2 N–H and O–H groups in total. The Kier molecular flexibility index (Phi) is 3.59. The lowest BCUT2D eigenvalue weighted by atomic mass is 10.2. The number of rotatable bonds is 2. The van der Waals surface area contributed by atoms with Crippen LogP contribution >= 0.6 is 0 Å². The van der Waals surface area contributed by atoms with Gasteiger partial charge in [-0.2, -0.15) is 18.3 Å². The van der Waals surface area contributed by atoms with Gasteiger partial charge < -0.3 is 10.5 Å². The van der Waals surface area contributed by atoms with Crippen molar-refractivity contribution in [2.75, 3.05) is 5.73 Å². The van der Waals surface area contributed by atoms with Crippen LogP contribution in [0.5, 0.6) is 0 Å². The molecular formula is C10H14F3N3O2. The molecule has 0 aliphatic heterocycles. The van der Waals surface area contributed by atoms with Gasteiger partial charge in [-0.05, 0) is 20.8 Å². The van der Waals surface area contributed by atoms with Crippen molar-refractivity contribution < 1.29 is 22.7 Å². The summed E-state index contributed by atoms with van der Waals surface area (Å²) in [5, 5.41) is 3.22. The van der Waals surface area contributed by atoms with Crippen LogP contribution in [-0.4, -0.2) is 21.4 Å². The van der Waals surface area contributed by atoms with Crippen LogP contribution in [0, 0.1) is 0 Å². The second kappa shape index (κ2) is 4.51. The van der Waals surface area contributed by atoms with E-state index in [0.717, 1.165) is 4.68 Å². The Hall–Kier alpha value is -1.73. The van der Waals surface area contributed by atoms with E-state index in [0.29, 0.717) is 6.07 Å². The topological polar surface area (TPSA) is 70.1 Å². The summed E-state index contributed by atoms with van der Waals surface area (Å²) in [5.74, 6) is -0.945. The highest BCUT2D eigenvalue weighted by molar-refractivity contribution is 5.70. The molecule has 1 aromatic heterocycles. The number of nitrogens with two attached hydrogens (primary N) is 1. The maximum absolute atomic E-state index is 12.3. The minimum atomic E-state index is -4.59. The van der Waals surface area contributed by atoms with Crippen molar-refractivity contribution in [2.45, 2.75) is 39.1 Å². The van der Waals surface area contributed by atoms with Gasteiger partial charge in [0.25, 0.3) is 0 Å². The number of hydrogen-bond donors (Lipinski definition) is 1. The Balaban J connectivity index is 2.80. The van der Waals surface area contributed by atoms with Crippen LogP contribution in [0.15, 0.2) is 6.07 Å². The van der Waals surface area contributed by atoms with Crippen molar-refractivity contribution in [1.29, 1.82) is 0 Å². The van der Waals surface area contributed by atoms with Gasteiger partial charge in [-0.3, -0.25) is 4.79 Å². The maximum Gasteiger partial charge on any atom is 0.435 e. The van der Waals surface area contributed by atoms with E-state index < -0.39 is 30.0 Å². The Morgan fingerprint density at radius 1 is 1.44 bits per heavy atom. The van der Waals surface area contributed by atoms with Crippen molar-refractivity contribution in [3.63, 3.8) is 0 Å². The van der Waals surface area contributed by atoms with Crippen LogP contribution < -0.4 is 5.73 Å². The molecule has 0 aromatic carbocycles. The zero-order chi connectivity index (χ0) is 14.1. The summed E-state index contributed by atoms with van der Waals surface area (Å²) in [7, 11) is 0. The number of esters is 1. The lowest BCUT2D eigenvalue weighted by Crippen LogP contribution is -2.27. The number of ether oxygens (including phenoxy) is 1.